The fourth-order valence-electron chi connectivity index (χ4n) is 2.40. The molecule has 4 nitrogen and oxygen atoms in total. The minimum Gasteiger partial charge on any atom is -0.344 e. The molecule has 2 aromatic heterocycles. The minimum absolute atomic E-state index is 0.0945. The van der Waals surface area contributed by atoms with E-state index in [0.717, 1.165) is 20.9 Å². The van der Waals surface area contributed by atoms with Gasteiger partial charge in [0.1, 0.15) is 5.69 Å². The number of hydrogen-bond acceptors (Lipinski definition) is 4. The molecule has 3 aromatic rings. The van der Waals surface area contributed by atoms with Gasteiger partial charge in [0.05, 0.1) is 16.0 Å². The number of nitrogens with zero attached hydrogens (tertiary/aromatic N) is 2. The van der Waals surface area contributed by atoms with Gasteiger partial charge in [-0.15, -0.1) is 11.8 Å². The van der Waals surface area contributed by atoms with Gasteiger partial charge in [0.25, 0.3) is 5.91 Å². The SMILES string of the molecule is CSc1cccc(C(C)NC(=O)c2ccc3cncc(Br)c3n2)c1. The molecule has 0 aliphatic carbocycles. The zero-order valence-corrected chi connectivity index (χ0v) is 15.7. The summed E-state index contributed by atoms with van der Waals surface area (Å²) < 4.78 is 0.773. The highest BCUT2D eigenvalue weighted by atomic mass is 79.9. The number of fused-ring (bicyclic) bond motifs is 1. The summed E-state index contributed by atoms with van der Waals surface area (Å²) in [6, 6.07) is 11.6. The molecule has 122 valence electrons. The normalized spacial score (nSPS) is 12.1. The summed E-state index contributed by atoms with van der Waals surface area (Å²) in [5, 5.41) is 3.90. The monoisotopic (exact) mass is 401 g/mol. The second-order valence-corrected chi connectivity index (χ2v) is 7.10. The first kappa shape index (κ1) is 16.9. The molecule has 1 atom stereocenters. The number of carbonyl (C=O) groups excluding carboxylic acids is 1. The van der Waals surface area contributed by atoms with Crippen LogP contribution in [-0.2, 0) is 0 Å². The average Bonchev–Trinajstić information content (AvgIpc) is 2.61. The van der Waals surface area contributed by atoms with Crippen LogP contribution in [0.2, 0.25) is 0 Å². The number of pyridine rings is 2. The van der Waals surface area contributed by atoms with Crippen LogP contribution >= 0.6 is 27.7 Å². The molecule has 0 fully saturated rings. The third kappa shape index (κ3) is 3.60. The number of thioether (sulfide) groups is 1. The van der Waals surface area contributed by atoms with E-state index in [1.54, 1.807) is 30.2 Å². The highest BCUT2D eigenvalue weighted by molar-refractivity contribution is 9.10. The maximum atomic E-state index is 12.5. The van der Waals surface area contributed by atoms with Crippen molar-refractivity contribution in [1.82, 2.24) is 15.3 Å². The van der Waals surface area contributed by atoms with Gasteiger partial charge in [-0.2, -0.15) is 0 Å². The number of hydrogen-bond donors (Lipinski definition) is 1. The number of benzene rings is 1. The maximum Gasteiger partial charge on any atom is 0.270 e. The Labute approximate surface area is 153 Å². The van der Waals surface area contributed by atoms with Crippen molar-refractivity contribution < 1.29 is 4.79 Å². The number of aromatic nitrogens is 2. The van der Waals surface area contributed by atoms with E-state index in [2.05, 4.69) is 43.3 Å². The predicted octanol–water partition coefficient (Wildman–Crippen LogP) is 4.61. The van der Waals surface area contributed by atoms with Crippen molar-refractivity contribution >= 4 is 44.5 Å². The Bertz CT molecular complexity index is 900. The quantitative estimate of drug-likeness (QED) is 0.648. The van der Waals surface area contributed by atoms with Crippen LogP contribution in [-0.4, -0.2) is 22.1 Å². The van der Waals surface area contributed by atoms with E-state index in [1.165, 1.54) is 4.90 Å². The third-order valence-corrected chi connectivity index (χ3v) is 5.03. The van der Waals surface area contributed by atoms with E-state index in [4.69, 9.17) is 0 Å². The molecule has 0 radical (unpaired) electrons. The smallest absolute Gasteiger partial charge is 0.270 e. The molecular formula is C18H16BrN3OS. The number of rotatable bonds is 4. The zero-order valence-electron chi connectivity index (χ0n) is 13.3. The lowest BCUT2D eigenvalue weighted by molar-refractivity contribution is 0.0935. The summed E-state index contributed by atoms with van der Waals surface area (Å²) in [7, 11) is 0. The molecule has 0 spiro atoms. The molecule has 24 heavy (non-hydrogen) atoms. The first-order chi connectivity index (χ1) is 11.6. The molecule has 3 rings (SSSR count). The maximum absolute atomic E-state index is 12.5. The second-order valence-electron chi connectivity index (χ2n) is 5.36. The van der Waals surface area contributed by atoms with Gasteiger partial charge in [0.2, 0.25) is 0 Å². The van der Waals surface area contributed by atoms with Crippen LogP contribution in [0.5, 0.6) is 0 Å². The van der Waals surface area contributed by atoms with Gasteiger partial charge in [-0.3, -0.25) is 9.78 Å². The first-order valence-corrected chi connectivity index (χ1v) is 9.45. The molecule has 0 aliphatic rings. The highest BCUT2D eigenvalue weighted by Gasteiger charge is 2.14. The molecule has 0 saturated heterocycles. The summed E-state index contributed by atoms with van der Waals surface area (Å²) in [4.78, 5) is 22.3. The van der Waals surface area contributed by atoms with Crippen LogP contribution in [0, 0.1) is 0 Å². The Morgan fingerprint density at radius 1 is 1.25 bits per heavy atom. The van der Waals surface area contributed by atoms with Crippen LogP contribution in [0.1, 0.15) is 29.0 Å². The van der Waals surface area contributed by atoms with Crippen molar-refractivity contribution in [1.29, 1.82) is 0 Å². The topological polar surface area (TPSA) is 54.9 Å². The van der Waals surface area contributed by atoms with Crippen LogP contribution < -0.4 is 5.32 Å². The number of nitrogens with one attached hydrogen (secondary N) is 1. The standard InChI is InChI=1S/C18H16BrN3OS/c1-11(12-4-3-5-14(8-12)24-2)21-18(23)16-7-6-13-9-20-10-15(19)17(13)22-16/h3-11H,1-2H3,(H,21,23). The Morgan fingerprint density at radius 2 is 2.08 bits per heavy atom. The molecule has 2 heterocycles. The third-order valence-electron chi connectivity index (χ3n) is 3.73. The first-order valence-electron chi connectivity index (χ1n) is 7.43. The second kappa shape index (κ2) is 7.32. The van der Waals surface area contributed by atoms with Crippen LogP contribution in [0.15, 0.2) is 58.2 Å². The Morgan fingerprint density at radius 3 is 2.88 bits per heavy atom. The lowest BCUT2D eigenvalue weighted by Gasteiger charge is -2.15. The lowest BCUT2D eigenvalue weighted by atomic mass is 10.1. The van der Waals surface area contributed by atoms with Gasteiger partial charge in [0.15, 0.2) is 0 Å². The van der Waals surface area contributed by atoms with E-state index in [-0.39, 0.29) is 11.9 Å². The van der Waals surface area contributed by atoms with Crippen molar-refractivity contribution in [2.24, 2.45) is 0 Å². The number of amides is 1. The molecule has 1 amide bonds. The van der Waals surface area contributed by atoms with Gasteiger partial charge in [-0.1, -0.05) is 12.1 Å². The van der Waals surface area contributed by atoms with Crippen molar-refractivity contribution in [2.75, 3.05) is 6.26 Å². The molecule has 1 N–H and O–H groups in total. The van der Waals surface area contributed by atoms with E-state index >= 15 is 0 Å². The van der Waals surface area contributed by atoms with E-state index in [1.807, 2.05) is 31.4 Å². The fourth-order valence-corrected chi connectivity index (χ4v) is 3.31. The Balaban J connectivity index is 1.82. The molecule has 1 aromatic carbocycles. The van der Waals surface area contributed by atoms with Crippen molar-refractivity contribution in [2.45, 2.75) is 17.9 Å². The van der Waals surface area contributed by atoms with Gasteiger partial charge in [0, 0.05) is 22.7 Å². The molecule has 6 heteroatoms. The van der Waals surface area contributed by atoms with E-state index in [0.29, 0.717) is 5.69 Å². The van der Waals surface area contributed by atoms with Crippen molar-refractivity contribution in [3.05, 3.63) is 64.5 Å². The molecule has 1 unspecified atom stereocenters. The average molecular weight is 402 g/mol. The van der Waals surface area contributed by atoms with E-state index in [9.17, 15) is 4.79 Å². The number of carbonyl (C=O) groups is 1. The highest BCUT2D eigenvalue weighted by Crippen LogP contribution is 2.22. The summed E-state index contributed by atoms with van der Waals surface area (Å²) in [6.45, 7) is 1.97. The summed E-state index contributed by atoms with van der Waals surface area (Å²) in [5.74, 6) is -0.192. The summed E-state index contributed by atoms with van der Waals surface area (Å²) in [5.41, 5.74) is 2.19. The van der Waals surface area contributed by atoms with Gasteiger partial charge in [-0.05, 0) is 58.9 Å². The lowest BCUT2D eigenvalue weighted by Crippen LogP contribution is -2.27. The molecular weight excluding hydrogens is 386 g/mol. The number of halogens is 1. The molecule has 0 aliphatic heterocycles. The van der Waals surface area contributed by atoms with Crippen LogP contribution in [0.25, 0.3) is 10.9 Å². The largest absolute Gasteiger partial charge is 0.344 e. The summed E-state index contributed by atoms with van der Waals surface area (Å²) >= 11 is 5.11. The Hall–Kier alpha value is -1.92. The predicted molar refractivity (Wildman–Crippen MR) is 101 cm³/mol. The van der Waals surface area contributed by atoms with Gasteiger partial charge in [-0.25, -0.2) is 4.98 Å². The zero-order chi connectivity index (χ0) is 17.1. The van der Waals surface area contributed by atoms with Crippen molar-refractivity contribution in [3.63, 3.8) is 0 Å². The van der Waals surface area contributed by atoms with Crippen LogP contribution in [0.4, 0.5) is 0 Å². The van der Waals surface area contributed by atoms with Crippen LogP contribution in [0.3, 0.4) is 0 Å². The fraction of sp³-hybridized carbons (Fsp3) is 0.167. The van der Waals surface area contributed by atoms with Gasteiger partial charge < -0.3 is 5.32 Å². The minimum atomic E-state index is -0.192. The van der Waals surface area contributed by atoms with Crippen molar-refractivity contribution in [3.8, 4) is 0 Å². The molecule has 0 saturated carbocycles. The van der Waals surface area contributed by atoms with Gasteiger partial charge >= 0.3 is 0 Å². The molecule has 0 bridgehead atoms. The Kier molecular flexibility index (Phi) is 5.16. The summed E-state index contributed by atoms with van der Waals surface area (Å²) in [6.07, 6.45) is 5.44. The van der Waals surface area contributed by atoms with E-state index < -0.39 is 0 Å².